The Morgan fingerprint density at radius 2 is 1.52 bits per heavy atom. The third-order valence-electron chi connectivity index (χ3n) is 4.05. The maximum Gasteiger partial charge on any atom is 0.308 e. The van der Waals surface area contributed by atoms with Crippen LogP contribution in [0.2, 0.25) is 0 Å². The summed E-state index contributed by atoms with van der Waals surface area (Å²) in [5.41, 5.74) is 0.457. The number of benzene rings is 2. The lowest BCUT2D eigenvalue weighted by atomic mass is 10.0. The number of methoxy groups -OCH3 is 2. The number of carbonyl (C=O) groups is 2. The quantitative estimate of drug-likeness (QED) is 0.476. The minimum absolute atomic E-state index is 0.00632. The molecule has 1 aromatic heterocycles. The first-order chi connectivity index (χ1) is 13.8. The highest BCUT2D eigenvalue weighted by Crippen LogP contribution is 2.37. The third-order valence-corrected chi connectivity index (χ3v) is 4.05. The van der Waals surface area contributed by atoms with Crippen LogP contribution in [0.3, 0.4) is 0 Å². The van der Waals surface area contributed by atoms with Crippen LogP contribution in [0, 0.1) is 0 Å². The van der Waals surface area contributed by atoms with Crippen LogP contribution < -0.4 is 24.4 Å². The molecule has 150 valence electrons. The molecule has 0 saturated carbocycles. The first-order valence-electron chi connectivity index (χ1n) is 8.53. The van der Waals surface area contributed by atoms with E-state index in [1.807, 2.05) is 0 Å². The first kappa shape index (κ1) is 19.9. The Hall–Kier alpha value is -3.81. The molecule has 0 aliphatic rings. The molecule has 0 bridgehead atoms. The topological polar surface area (TPSA) is 101 Å². The maximum absolute atomic E-state index is 13.1. The summed E-state index contributed by atoms with van der Waals surface area (Å²) < 4.78 is 26.3. The fourth-order valence-electron chi connectivity index (χ4n) is 2.84. The van der Waals surface area contributed by atoms with Crippen molar-refractivity contribution < 1.29 is 33.0 Å². The van der Waals surface area contributed by atoms with E-state index in [0.29, 0.717) is 17.1 Å². The van der Waals surface area contributed by atoms with E-state index in [9.17, 15) is 14.4 Å². The molecule has 1 heterocycles. The molecule has 0 amide bonds. The Balaban J connectivity index is 2.21. The van der Waals surface area contributed by atoms with Crippen molar-refractivity contribution in [1.29, 1.82) is 0 Å². The number of ether oxygens (including phenoxy) is 4. The summed E-state index contributed by atoms with van der Waals surface area (Å²) in [6, 6.07) is 7.83. The van der Waals surface area contributed by atoms with E-state index >= 15 is 0 Å². The van der Waals surface area contributed by atoms with E-state index in [0.717, 1.165) is 0 Å². The van der Waals surface area contributed by atoms with Crippen molar-refractivity contribution in [3.63, 3.8) is 0 Å². The summed E-state index contributed by atoms with van der Waals surface area (Å²) in [4.78, 5) is 35.9. The minimum Gasteiger partial charge on any atom is -0.493 e. The molecule has 0 radical (unpaired) electrons. The van der Waals surface area contributed by atoms with Crippen molar-refractivity contribution in [3.05, 3.63) is 46.8 Å². The Bertz CT molecular complexity index is 1160. The van der Waals surface area contributed by atoms with Crippen LogP contribution in [-0.4, -0.2) is 26.2 Å². The van der Waals surface area contributed by atoms with Crippen LogP contribution in [0.1, 0.15) is 13.8 Å². The van der Waals surface area contributed by atoms with Crippen molar-refractivity contribution in [2.24, 2.45) is 0 Å². The van der Waals surface area contributed by atoms with Crippen molar-refractivity contribution >= 4 is 22.9 Å². The Kier molecular flexibility index (Phi) is 5.54. The van der Waals surface area contributed by atoms with Gasteiger partial charge in [-0.3, -0.25) is 14.4 Å². The summed E-state index contributed by atoms with van der Waals surface area (Å²) in [7, 11) is 3.01. The van der Waals surface area contributed by atoms with E-state index in [-0.39, 0.29) is 33.5 Å². The highest BCUT2D eigenvalue weighted by Gasteiger charge is 2.20. The lowest BCUT2D eigenvalue weighted by molar-refractivity contribution is -0.134. The average Bonchev–Trinajstić information content (AvgIpc) is 2.69. The van der Waals surface area contributed by atoms with Gasteiger partial charge in [-0.2, -0.15) is 0 Å². The van der Waals surface area contributed by atoms with E-state index < -0.39 is 11.9 Å². The van der Waals surface area contributed by atoms with E-state index in [2.05, 4.69) is 0 Å². The van der Waals surface area contributed by atoms with Gasteiger partial charge in [0.1, 0.15) is 6.26 Å². The number of carbonyl (C=O) groups excluding carboxylic acids is 2. The summed E-state index contributed by atoms with van der Waals surface area (Å²) in [5, 5.41) is 0.157. The van der Waals surface area contributed by atoms with E-state index in [1.165, 1.54) is 46.5 Å². The van der Waals surface area contributed by atoms with Crippen LogP contribution in [0.25, 0.3) is 22.1 Å². The standard InChI is InChI=1S/C21H18O8/c1-11(22)28-17-8-6-14-19(24)15(10-27-20(14)21(17)29-12(2)23)13-5-7-16(25-3)18(9-13)26-4/h5-10H,1-4H3. The van der Waals surface area contributed by atoms with Crippen molar-refractivity contribution in [2.75, 3.05) is 14.2 Å². The van der Waals surface area contributed by atoms with Gasteiger partial charge >= 0.3 is 11.9 Å². The molecule has 0 spiro atoms. The Morgan fingerprint density at radius 3 is 2.14 bits per heavy atom. The molecular weight excluding hydrogens is 380 g/mol. The van der Waals surface area contributed by atoms with Gasteiger partial charge in [0.15, 0.2) is 22.8 Å². The van der Waals surface area contributed by atoms with Gasteiger partial charge in [0, 0.05) is 13.8 Å². The lowest BCUT2D eigenvalue weighted by Crippen LogP contribution is -2.10. The number of rotatable bonds is 5. The molecular formula is C21H18O8. The molecule has 0 aliphatic carbocycles. The van der Waals surface area contributed by atoms with Crippen LogP contribution in [0.15, 0.2) is 45.8 Å². The van der Waals surface area contributed by atoms with Gasteiger partial charge in [-0.25, -0.2) is 0 Å². The average molecular weight is 398 g/mol. The SMILES string of the molecule is COc1ccc(-c2coc3c(OC(C)=O)c(OC(C)=O)ccc3c2=O)cc1OC. The number of esters is 2. The van der Waals surface area contributed by atoms with Crippen molar-refractivity contribution in [2.45, 2.75) is 13.8 Å². The zero-order valence-electron chi connectivity index (χ0n) is 16.2. The van der Waals surface area contributed by atoms with Crippen LogP contribution in [-0.2, 0) is 9.59 Å². The fourth-order valence-corrected chi connectivity index (χ4v) is 2.84. The highest BCUT2D eigenvalue weighted by atomic mass is 16.6. The summed E-state index contributed by atoms with van der Waals surface area (Å²) in [6.45, 7) is 2.39. The van der Waals surface area contributed by atoms with Gasteiger partial charge in [-0.15, -0.1) is 0 Å². The third kappa shape index (κ3) is 3.91. The molecule has 29 heavy (non-hydrogen) atoms. The van der Waals surface area contributed by atoms with Gasteiger partial charge in [0.2, 0.25) is 11.2 Å². The van der Waals surface area contributed by atoms with Gasteiger partial charge < -0.3 is 23.4 Å². The largest absolute Gasteiger partial charge is 0.493 e. The minimum atomic E-state index is -0.655. The van der Waals surface area contributed by atoms with Gasteiger partial charge in [0.05, 0.1) is 25.2 Å². The van der Waals surface area contributed by atoms with E-state index in [4.69, 9.17) is 23.4 Å². The molecule has 2 aromatic carbocycles. The Morgan fingerprint density at radius 1 is 0.862 bits per heavy atom. The van der Waals surface area contributed by atoms with Crippen molar-refractivity contribution in [3.8, 4) is 34.1 Å². The molecule has 0 saturated heterocycles. The first-order valence-corrected chi connectivity index (χ1v) is 8.53. The predicted molar refractivity (Wildman–Crippen MR) is 104 cm³/mol. The maximum atomic E-state index is 13.1. The monoisotopic (exact) mass is 398 g/mol. The molecule has 8 heteroatoms. The second-order valence-corrected chi connectivity index (χ2v) is 6.01. The van der Waals surface area contributed by atoms with Crippen LogP contribution in [0.5, 0.6) is 23.0 Å². The zero-order chi connectivity index (χ0) is 21.1. The van der Waals surface area contributed by atoms with Crippen LogP contribution in [0.4, 0.5) is 0 Å². The molecule has 0 N–H and O–H groups in total. The predicted octanol–water partition coefficient (Wildman–Crippen LogP) is 3.33. The second kappa shape index (κ2) is 8.05. The van der Waals surface area contributed by atoms with Crippen molar-refractivity contribution in [1.82, 2.24) is 0 Å². The fraction of sp³-hybridized carbons (Fsp3) is 0.190. The van der Waals surface area contributed by atoms with Gasteiger partial charge in [-0.1, -0.05) is 6.07 Å². The smallest absolute Gasteiger partial charge is 0.308 e. The molecule has 3 aromatic rings. The summed E-state index contributed by atoms with van der Waals surface area (Å²) >= 11 is 0. The Labute approximate surface area is 165 Å². The summed E-state index contributed by atoms with van der Waals surface area (Å²) in [5.74, 6) is -0.456. The molecule has 3 rings (SSSR count). The van der Waals surface area contributed by atoms with Gasteiger partial charge in [-0.05, 0) is 29.8 Å². The van der Waals surface area contributed by atoms with E-state index in [1.54, 1.807) is 18.2 Å². The molecule has 0 aliphatic heterocycles. The molecule has 0 unspecified atom stereocenters. The van der Waals surface area contributed by atoms with Crippen LogP contribution >= 0.6 is 0 Å². The lowest BCUT2D eigenvalue weighted by Gasteiger charge is -2.12. The zero-order valence-corrected chi connectivity index (χ0v) is 16.2. The molecule has 8 nitrogen and oxygen atoms in total. The normalized spacial score (nSPS) is 10.5. The number of hydrogen-bond donors (Lipinski definition) is 0. The highest BCUT2D eigenvalue weighted by molar-refractivity contribution is 5.91. The number of fused-ring (bicyclic) bond motifs is 1. The number of hydrogen-bond acceptors (Lipinski definition) is 8. The summed E-state index contributed by atoms with van der Waals surface area (Å²) in [6.07, 6.45) is 1.25. The molecule has 0 fully saturated rings. The van der Waals surface area contributed by atoms with Gasteiger partial charge in [0.25, 0.3) is 0 Å². The second-order valence-electron chi connectivity index (χ2n) is 6.01. The molecule has 0 atom stereocenters.